The molecule has 0 aliphatic carbocycles. The van der Waals surface area contributed by atoms with Crippen molar-refractivity contribution in [3.05, 3.63) is 24.3 Å². The number of aliphatic hydroxyl groups is 2. The Kier molecular flexibility index (Phi) is 7.19. The fourth-order valence-electron chi connectivity index (χ4n) is 0.945. The molecule has 0 atom stereocenters. The molecule has 0 bridgehead atoms. The maximum atomic E-state index is 9.10. The van der Waals surface area contributed by atoms with E-state index in [-0.39, 0.29) is 0 Å². The summed E-state index contributed by atoms with van der Waals surface area (Å²) in [5, 5.41) is 35.2. The molecular weight excluding hydrogens is 273 g/mol. The average molecular weight is 299 g/mol. The van der Waals surface area contributed by atoms with Crippen LogP contribution in [-0.4, -0.2) is 52.9 Å². The van der Waals surface area contributed by atoms with E-state index in [1.807, 2.05) is 31.1 Å². The molecule has 6 nitrogen and oxygen atoms in total. The van der Waals surface area contributed by atoms with E-state index in [4.69, 9.17) is 20.3 Å². The van der Waals surface area contributed by atoms with Crippen LogP contribution >= 0.6 is 0 Å². The van der Waals surface area contributed by atoms with Gasteiger partial charge in [-0.15, -0.1) is 0 Å². The number of hydrogen-bond donors (Lipinski definition) is 4. The highest BCUT2D eigenvalue weighted by Crippen LogP contribution is 2.19. The van der Waals surface area contributed by atoms with Crippen LogP contribution < -0.4 is 9.55 Å². The van der Waals surface area contributed by atoms with Gasteiger partial charge in [0.25, 0.3) is 0 Å². The third kappa shape index (κ3) is 7.91. The zero-order valence-electron chi connectivity index (χ0n) is 13.5. The summed E-state index contributed by atoms with van der Waals surface area (Å²) in [4.78, 5) is 1.94. The van der Waals surface area contributed by atoms with Crippen molar-refractivity contribution in [1.82, 2.24) is 0 Å². The molecule has 0 heterocycles. The molecule has 7 heteroatoms. The van der Waals surface area contributed by atoms with Crippen molar-refractivity contribution >= 4 is 13.0 Å². The van der Waals surface area contributed by atoms with Gasteiger partial charge in [0.2, 0.25) is 0 Å². The van der Waals surface area contributed by atoms with E-state index in [9.17, 15) is 0 Å². The Balaban J connectivity index is 0.000000433. The molecule has 0 aromatic heterocycles. The van der Waals surface area contributed by atoms with Crippen molar-refractivity contribution in [2.75, 3.05) is 19.0 Å². The lowest BCUT2D eigenvalue weighted by molar-refractivity contribution is -0.107. The standard InChI is InChI=1S/C8H12BNO3.C6H14O2/c1-10(2)7-3-5-8(6-4-7)13-9(11)12;1-5(2,7)6(3,4)8/h3-6,11-12H,1-2H3;7-8H,1-4H3. The highest BCUT2D eigenvalue weighted by Gasteiger charge is 2.31. The lowest BCUT2D eigenvalue weighted by atomic mass is 9.90. The minimum atomic E-state index is -1.76. The first kappa shape index (κ1) is 19.7. The normalized spacial score (nSPS) is 11.3. The second kappa shape index (κ2) is 7.65. The lowest BCUT2D eigenvalue weighted by Crippen LogP contribution is -2.44. The third-order valence-electron chi connectivity index (χ3n) is 3.09. The summed E-state index contributed by atoms with van der Waals surface area (Å²) in [6, 6.07) is 7.01. The lowest BCUT2D eigenvalue weighted by Gasteiger charge is -2.31. The van der Waals surface area contributed by atoms with Crippen LogP contribution in [0.3, 0.4) is 0 Å². The van der Waals surface area contributed by atoms with E-state index < -0.39 is 18.5 Å². The van der Waals surface area contributed by atoms with Gasteiger partial charge in [-0.3, -0.25) is 0 Å². The van der Waals surface area contributed by atoms with Gasteiger partial charge >= 0.3 is 7.32 Å². The summed E-state index contributed by atoms with van der Waals surface area (Å²) >= 11 is 0. The van der Waals surface area contributed by atoms with E-state index in [1.54, 1.807) is 39.8 Å². The third-order valence-corrected chi connectivity index (χ3v) is 3.09. The minimum absolute atomic E-state index is 0.431. The molecular formula is C14H26BNO5. The van der Waals surface area contributed by atoms with Crippen LogP contribution in [0.15, 0.2) is 24.3 Å². The summed E-state index contributed by atoms with van der Waals surface area (Å²) in [5.74, 6) is 0.431. The van der Waals surface area contributed by atoms with Crippen molar-refractivity contribution in [3.63, 3.8) is 0 Å². The molecule has 0 radical (unpaired) electrons. The molecule has 120 valence electrons. The fourth-order valence-corrected chi connectivity index (χ4v) is 0.945. The Morgan fingerprint density at radius 3 is 1.52 bits per heavy atom. The maximum Gasteiger partial charge on any atom is 0.707 e. The topological polar surface area (TPSA) is 93.4 Å². The summed E-state index contributed by atoms with van der Waals surface area (Å²) in [5.41, 5.74) is -0.986. The number of hydrogen-bond acceptors (Lipinski definition) is 6. The van der Waals surface area contributed by atoms with Crippen LogP contribution in [0.5, 0.6) is 5.75 Å². The van der Waals surface area contributed by atoms with Crippen LogP contribution in [-0.2, 0) is 0 Å². The van der Waals surface area contributed by atoms with Crippen LogP contribution in [0.2, 0.25) is 0 Å². The molecule has 1 rings (SSSR count). The van der Waals surface area contributed by atoms with Gasteiger partial charge in [0.1, 0.15) is 5.75 Å². The highest BCUT2D eigenvalue weighted by atomic mass is 16.6. The molecule has 4 N–H and O–H groups in total. The number of rotatable bonds is 4. The molecule has 0 fully saturated rings. The number of nitrogens with zero attached hydrogens (tertiary/aromatic N) is 1. The quantitative estimate of drug-likeness (QED) is 0.609. The van der Waals surface area contributed by atoms with Gasteiger partial charge in [-0.1, -0.05) is 0 Å². The molecule has 21 heavy (non-hydrogen) atoms. The summed E-state index contributed by atoms with van der Waals surface area (Å²) in [7, 11) is 2.10. The molecule has 1 aromatic rings. The fraction of sp³-hybridized carbons (Fsp3) is 0.571. The Morgan fingerprint density at radius 2 is 1.29 bits per heavy atom. The second-order valence-electron chi connectivity index (χ2n) is 5.95. The van der Waals surface area contributed by atoms with Crippen molar-refractivity contribution in [2.45, 2.75) is 38.9 Å². The number of benzene rings is 1. The smallest absolute Gasteiger partial charge is 0.512 e. The first-order chi connectivity index (χ1) is 9.34. The predicted octanol–water partition coefficient (Wildman–Crippen LogP) is 0.629. The summed E-state index contributed by atoms with van der Waals surface area (Å²) in [6.45, 7) is 6.31. The van der Waals surface area contributed by atoms with E-state index in [2.05, 4.69) is 4.65 Å². The van der Waals surface area contributed by atoms with Crippen LogP contribution in [0.1, 0.15) is 27.7 Å². The van der Waals surface area contributed by atoms with E-state index in [0.29, 0.717) is 5.75 Å². The molecule has 0 saturated carbocycles. The van der Waals surface area contributed by atoms with Crippen LogP contribution in [0.25, 0.3) is 0 Å². The Bertz CT molecular complexity index is 395. The van der Waals surface area contributed by atoms with Gasteiger partial charge in [0, 0.05) is 19.8 Å². The van der Waals surface area contributed by atoms with Gasteiger partial charge in [-0.25, -0.2) is 0 Å². The summed E-state index contributed by atoms with van der Waals surface area (Å²) in [6.07, 6.45) is 0. The van der Waals surface area contributed by atoms with E-state index >= 15 is 0 Å². The zero-order chi connectivity index (χ0) is 16.8. The highest BCUT2D eigenvalue weighted by molar-refractivity contribution is 6.33. The first-order valence-corrected chi connectivity index (χ1v) is 6.59. The molecule has 0 aliphatic rings. The van der Waals surface area contributed by atoms with Gasteiger partial charge in [-0.2, -0.15) is 0 Å². The van der Waals surface area contributed by atoms with Crippen molar-refractivity contribution < 1.29 is 24.9 Å². The van der Waals surface area contributed by atoms with Crippen molar-refractivity contribution in [1.29, 1.82) is 0 Å². The summed E-state index contributed by atoms with van der Waals surface area (Å²) < 4.78 is 4.64. The first-order valence-electron chi connectivity index (χ1n) is 6.59. The van der Waals surface area contributed by atoms with Gasteiger partial charge < -0.3 is 29.8 Å². The molecule has 0 saturated heterocycles. The Hall–Kier alpha value is -1.28. The molecule has 0 unspecified atom stereocenters. The average Bonchev–Trinajstić information content (AvgIpc) is 2.26. The number of anilines is 1. The van der Waals surface area contributed by atoms with E-state index in [1.165, 1.54) is 0 Å². The zero-order valence-corrected chi connectivity index (χ0v) is 13.5. The molecule has 0 amide bonds. The van der Waals surface area contributed by atoms with Gasteiger partial charge in [0.15, 0.2) is 0 Å². The molecule has 0 spiro atoms. The molecule has 1 aromatic carbocycles. The van der Waals surface area contributed by atoms with Crippen LogP contribution in [0.4, 0.5) is 5.69 Å². The Labute approximate surface area is 126 Å². The largest absolute Gasteiger partial charge is 0.707 e. The second-order valence-corrected chi connectivity index (χ2v) is 5.95. The van der Waals surface area contributed by atoms with Crippen LogP contribution in [0, 0.1) is 0 Å². The monoisotopic (exact) mass is 299 g/mol. The SMILES string of the molecule is CC(C)(O)C(C)(C)O.CN(C)c1ccc(OB(O)O)cc1. The minimum Gasteiger partial charge on any atom is -0.512 e. The van der Waals surface area contributed by atoms with Gasteiger partial charge in [-0.05, 0) is 52.0 Å². The maximum absolute atomic E-state index is 9.10. The Morgan fingerprint density at radius 1 is 0.905 bits per heavy atom. The van der Waals surface area contributed by atoms with Crippen molar-refractivity contribution in [2.24, 2.45) is 0 Å². The van der Waals surface area contributed by atoms with E-state index in [0.717, 1.165) is 5.69 Å². The predicted molar refractivity (Wildman–Crippen MR) is 84.2 cm³/mol. The van der Waals surface area contributed by atoms with Gasteiger partial charge in [0.05, 0.1) is 11.2 Å². The van der Waals surface area contributed by atoms with Crippen molar-refractivity contribution in [3.8, 4) is 5.75 Å². The molecule has 0 aliphatic heterocycles.